The zero-order chi connectivity index (χ0) is 27.1. The van der Waals surface area contributed by atoms with E-state index in [-0.39, 0.29) is 27.4 Å². The molecule has 0 fully saturated rings. The van der Waals surface area contributed by atoms with E-state index in [0.717, 1.165) is 15.8 Å². The summed E-state index contributed by atoms with van der Waals surface area (Å²) in [6.45, 7) is 11.6. The molecule has 8 heteroatoms. The van der Waals surface area contributed by atoms with Gasteiger partial charge in [-0.05, 0) is 42.0 Å². The van der Waals surface area contributed by atoms with Gasteiger partial charge in [-0.25, -0.2) is 27.2 Å². The van der Waals surface area contributed by atoms with E-state index in [2.05, 4.69) is 30.7 Å². The van der Waals surface area contributed by atoms with Crippen LogP contribution in [0.2, 0.25) is 0 Å². The predicted octanol–water partition coefficient (Wildman–Crippen LogP) is 7.85. The van der Waals surface area contributed by atoms with Gasteiger partial charge in [0, 0.05) is 27.8 Å². The molecule has 0 saturated carbocycles. The molecular formula is C29H30F2N2O2S2. The predicted molar refractivity (Wildman–Crippen MR) is 146 cm³/mol. The third-order valence-corrected chi connectivity index (χ3v) is 9.45. The second-order valence-electron chi connectivity index (χ2n) is 10.4. The zero-order valence-electron chi connectivity index (χ0n) is 21.8. The fraction of sp³-hybridized carbons (Fsp3) is 0.310. The molecule has 0 aliphatic carbocycles. The van der Waals surface area contributed by atoms with Crippen LogP contribution in [0.25, 0.3) is 21.7 Å². The number of rotatable bonds is 6. The van der Waals surface area contributed by atoms with Crippen LogP contribution >= 0.6 is 11.3 Å². The molecule has 194 valence electrons. The molecule has 0 spiro atoms. The summed E-state index contributed by atoms with van der Waals surface area (Å²) in [4.78, 5) is 10.2. The summed E-state index contributed by atoms with van der Waals surface area (Å²) in [6.07, 6.45) is 1.66. The van der Waals surface area contributed by atoms with Gasteiger partial charge in [0.1, 0.15) is 22.4 Å². The number of hydrogen-bond acceptors (Lipinski definition) is 5. The Morgan fingerprint density at radius 2 is 1.70 bits per heavy atom. The van der Waals surface area contributed by atoms with E-state index < -0.39 is 27.2 Å². The molecule has 0 aliphatic rings. The van der Waals surface area contributed by atoms with E-state index in [4.69, 9.17) is 0 Å². The molecule has 0 N–H and O–H groups in total. The van der Waals surface area contributed by atoms with Gasteiger partial charge in [-0.1, -0.05) is 65.0 Å². The van der Waals surface area contributed by atoms with Crippen LogP contribution < -0.4 is 0 Å². The highest BCUT2D eigenvalue weighted by Crippen LogP contribution is 2.44. The van der Waals surface area contributed by atoms with Crippen molar-refractivity contribution >= 4 is 21.2 Å². The maximum atomic E-state index is 16.1. The molecule has 4 aromatic rings. The molecule has 37 heavy (non-hydrogen) atoms. The number of aryl methyl sites for hydroxylation is 1. The minimum Gasteiger partial charge on any atom is -0.242 e. The Labute approximate surface area is 221 Å². The summed E-state index contributed by atoms with van der Waals surface area (Å²) >= 11 is 1.53. The molecule has 4 rings (SSSR count). The first-order valence-electron chi connectivity index (χ1n) is 12.0. The summed E-state index contributed by atoms with van der Waals surface area (Å²) in [5.41, 5.74) is 1.78. The molecule has 0 unspecified atom stereocenters. The summed E-state index contributed by atoms with van der Waals surface area (Å²) in [6, 6.07) is 12.7. The Balaban J connectivity index is 1.85. The maximum Gasteiger partial charge on any atom is 0.185 e. The highest BCUT2D eigenvalue weighted by molar-refractivity contribution is 7.90. The first-order valence-corrected chi connectivity index (χ1v) is 14.5. The number of hydrogen-bond donors (Lipinski definition) is 0. The van der Waals surface area contributed by atoms with Crippen LogP contribution in [-0.2, 0) is 21.0 Å². The molecule has 0 atom stereocenters. The second kappa shape index (κ2) is 10.1. The monoisotopic (exact) mass is 540 g/mol. The van der Waals surface area contributed by atoms with Crippen molar-refractivity contribution in [2.45, 2.75) is 63.5 Å². The smallest absolute Gasteiger partial charge is 0.185 e. The van der Waals surface area contributed by atoms with Crippen LogP contribution in [0.15, 0.2) is 59.6 Å². The fourth-order valence-corrected chi connectivity index (χ4v) is 7.22. The molecule has 0 bridgehead atoms. The Kier molecular flexibility index (Phi) is 7.36. The maximum absolute atomic E-state index is 16.1. The van der Waals surface area contributed by atoms with Gasteiger partial charge < -0.3 is 0 Å². The van der Waals surface area contributed by atoms with Gasteiger partial charge in [-0.15, -0.1) is 11.3 Å². The van der Waals surface area contributed by atoms with Crippen molar-refractivity contribution in [1.29, 1.82) is 0 Å². The average molecular weight is 541 g/mol. The van der Waals surface area contributed by atoms with Crippen LogP contribution in [0.1, 0.15) is 62.4 Å². The lowest BCUT2D eigenvalue weighted by molar-refractivity contribution is 0.556. The molecule has 2 aromatic heterocycles. The minimum atomic E-state index is -4.16. The van der Waals surface area contributed by atoms with Crippen LogP contribution in [0.5, 0.6) is 0 Å². The van der Waals surface area contributed by atoms with Crippen molar-refractivity contribution < 1.29 is 17.2 Å². The van der Waals surface area contributed by atoms with Crippen molar-refractivity contribution in [3.05, 3.63) is 88.2 Å². The molecule has 2 aromatic carbocycles. The average Bonchev–Trinajstić information content (AvgIpc) is 3.26. The minimum absolute atomic E-state index is 0.0104. The van der Waals surface area contributed by atoms with Crippen LogP contribution in [-0.4, -0.2) is 18.4 Å². The zero-order valence-corrected chi connectivity index (χ0v) is 23.4. The lowest BCUT2D eigenvalue weighted by atomic mass is 9.92. The van der Waals surface area contributed by atoms with Crippen molar-refractivity contribution in [2.75, 3.05) is 0 Å². The number of nitrogens with zero attached hydrogens (tertiary/aromatic N) is 2. The third-order valence-electron chi connectivity index (χ3n) is 6.12. The molecule has 0 radical (unpaired) electrons. The lowest BCUT2D eigenvalue weighted by Crippen LogP contribution is -2.12. The van der Waals surface area contributed by atoms with Crippen molar-refractivity contribution in [1.82, 2.24) is 9.97 Å². The van der Waals surface area contributed by atoms with Gasteiger partial charge in [-0.2, -0.15) is 0 Å². The summed E-state index contributed by atoms with van der Waals surface area (Å²) in [5.74, 6) is -1.72. The molecule has 2 heterocycles. The van der Waals surface area contributed by atoms with Crippen LogP contribution in [0.3, 0.4) is 0 Å². The Morgan fingerprint density at radius 3 is 2.35 bits per heavy atom. The standard InChI is InChI=1S/C29H30F2N2O2S2/c1-17(2)20-10-8-12-23(30)28(20)37(34,35)16-19-9-7-11-21(26(19)31)22-15-25(29(4,5)6)36-27(22)24-13-14-32-18(3)33-24/h7-15,17H,16H2,1-6H3. The normalized spacial score (nSPS) is 12.4. The Bertz CT molecular complexity index is 1570. The van der Waals surface area contributed by atoms with E-state index in [0.29, 0.717) is 22.6 Å². The molecule has 4 nitrogen and oxygen atoms in total. The van der Waals surface area contributed by atoms with Gasteiger partial charge in [0.05, 0.1) is 16.3 Å². The van der Waals surface area contributed by atoms with Gasteiger partial charge in [0.25, 0.3) is 0 Å². The van der Waals surface area contributed by atoms with E-state index in [1.807, 2.05) is 6.07 Å². The Hall–Kier alpha value is -2.97. The number of aromatic nitrogens is 2. The number of halogens is 2. The van der Waals surface area contributed by atoms with Crippen molar-refractivity contribution in [2.24, 2.45) is 0 Å². The molecule has 0 aliphatic heterocycles. The molecular weight excluding hydrogens is 510 g/mol. The fourth-order valence-electron chi connectivity index (χ4n) is 4.22. The van der Waals surface area contributed by atoms with E-state index in [1.165, 1.54) is 23.5 Å². The second-order valence-corrected chi connectivity index (χ2v) is 13.4. The largest absolute Gasteiger partial charge is 0.242 e. The highest BCUT2D eigenvalue weighted by Gasteiger charge is 2.28. The summed E-state index contributed by atoms with van der Waals surface area (Å²) in [5, 5.41) is 0. The van der Waals surface area contributed by atoms with Gasteiger partial charge >= 0.3 is 0 Å². The van der Waals surface area contributed by atoms with Gasteiger partial charge in [-0.3, -0.25) is 0 Å². The molecule has 0 saturated heterocycles. The number of thiophene rings is 1. The quantitative estimate of drug-likeness (QED) is 0.250. The molecule has 0 amide bonds. The lowest BCUT2D eigenvalue weighted by Gasteiger charge is -2.15. The summed E-state index contributed by atoms with van der Waals surface area (Å²) < 4.78 is 57.6. The van der Waals surface area contributed by atoms with Gasteiger partial charge in [0.2, 0.25) is 0 Å². The van der Waals surface area contributed by atoms with Crippen LogP contribution in [0, 0.1) is 18.6 Å². The first-order chi connectivity index (χ1) is 17.3. The van der Waals surface area contributed by atoms with E-state index >= 15 is 4.39 Å². The van der Waals surface area contributed by atoms with E-state index in [1.54, 1.807) is 51.2 Å². The Morgan fingerprint density at radius 1 is 1.00 bits per heavy atom. The first kappa shape index (κ1) is 27.1. The third kappa shape index (κ3) is 5.50. The van der Waals surface area contributed by atoms with E-state index in [9.17, 15) is 12.8 Å². The summed E-state index contributed by atoms with van der Waals surface area (Å²) in [7, 11) is -4.16. The topological polar surface area (TPSA) is 59.9 Å². The SMILES string of the molecule is Cc1nccc(-c2sc(C(C)(C)C)cc2-c2cccc(CS(=O)(=O)c3c(F)cccc3C(C)C)c2F)n1. The van der Waals surface area contributed by atoms with Crippen molar-refractivity contribution in [3.8, 4) is 21.7 Å². The number of benzene rings is 2. The van der Waals surface area contributed by atoms with Crippen molar-refractivity contribution in [3.63, 3.8) is 0 Å². The number of sulfone groups is 1. The highest BCUT2D eigenvalue weighted by atomic mass is 32.2. The van der Waals surface area contributed by atoms with Gasteiger partial charge in [0.15, 0.2) is 9.84 Å². The van der Waals surface area contributed by atoms with Crippen LogP contribution in [0.4, 0.5) is 8.78 Å².